The number of benzene rings is 2. The van der Waals surface area contributed by atoms with E-state index in [-0.39, 0.29) is 21.5 Å². The summed E-state index contributed by atoms with van der Waals surface area (Å²) in [5.41, 5.74) is 2.33. The van der Waals surface area contributed by atoms with Crippen LogP contribution in [0.15, 0.2) is 65.6 Å². The minimum atomic E-state index is -4.61. The first kappa shape index (κ1) is 28.2. The number of halogens is 4. The molecule has 2 aromatic carbocycles. The Labute approximate surface area is 217 Å². The zero-order valence-corrected chi connectivity index (χ0v) is 21.9. The van der Waals surface area contributed by atoms with Crippen molar-refractivity contribution in [3.8, 4) is 5.69 Å². The van der Waals surface area contributed by atoms with Gasteiger partial charge in [-0.1, -0.05) is 54.9 Å². The fraction of sp³-hybridized carbons (Fsp3) is 0.231. The van der Waals surface area contributed by atoms with Gasteiger partial charge in [0.25, 0.3) is 5.97 Å². The predicted molar refractivity (Wildman–Crippen MR) is 136 cm³/mol. The van der Waals surface area contributed by atoms with Crippen LogP contribution >= 0.6 is 11.6 Å². The summed E-state index contributed by atoms with van der Waals surface area (Å²) < 4.78 is 65.8. The van der Waals surface area contributed by atoms with Gasteiger partial charge in [-0.15, -0.1) is 0 Å². The van der Waals surface area contributed by atoms with E-state index in [1.165, 1.54) is 10.7 Å². The number of para-hydroxylation sites is 1. The standard InChI is InChI=1S/C24H20ClF3N2O2S.C2H4O2/c1-14-10-11-18(16-6-4-7-17(12-16)33(3,31)32)15(2)19-8-5-9-20(25)23(19)30-21(14)13-22(29-30)24(26,27)28;1-2(3)4/h4-13,15H,1-3H3;1H3,(H,3,4)/b14-10+,18-11+;. The van der Waals surface area contributed by atoms with E-state index in [9.17, 15) is 21.6 Å². The Morgan fingerprint density at radius 3 is 2.32 bits per heavy atom. The number of aromatic nitrogens is 2. The fourth-order valence-electron chi connectivity index (χ4n) is 3.94. The fourth-order valence-corrected chi connectivity index (χ4v) is 4.87. The maximum atomic E-state index is 13.5. The molecular formula is C26H24ClF3N2O4S. The average molecular weight is 553 g/mol. The zero-order valence-electron chi connectivity index (χ0n) is 20.3. The second kappa shape index (κ2) is 10.5. The van der Waals surface area contributed by atoms with Crippen LogP contribution in [0.25, 0.3) is 16.8 Å². The van der Waals surface area contributed by atoms with Crippen LogP contribution < -0.4 is 0 Å². The third kappa shape index (κ3) is 6.31. The van der Waals surface area contributed by atoms with E-state index in [0.717, 1.165) is 24.8 Å². The lowest BCUT2D eigenvalue weighted by Gasteiger charge is -2.21. The van der Waals surface area contributed by atoms with Gasteiger partial charge in [-0.25, -0.2) is 13.1 Å². The highest BCUT2D eigenvalue weighted by Gasteiger charge is 2.36. The van der Waals surface area contributed by atoms with Crippen molar-refractivity contribution in [2.75, 3.05) is 6.26 Å². The van der Waals surface area contributed by atoms with E-state index in [1.54, 1.807) is 43.3 Å². The van der Waals surface area contributed by atoms with E-state index < -0.39 is 27.7 Å². The number of nitrogens with zero attached hydrogens (tertiary/aromatic N) is 2. The van der Waals surface area contributed by atoms with Gasteiger partial charge in [-0.2, -0.15) is 18.3 Å². The van der Waals surface area contributed by atoms with Crippen molar-refractivity contribution < 1.29 is 31.5 Å². The van der Waals surface area contributed by atoms with Gasteiger partial charge in [0.1, 0.15) is 0 Å². The molecule has 0 radical (unpaired) electrons. The number of hydrogen-bond donors (Lipinski definition) is 1. The van der Waals surface area contributed by atoms with Gasteiger partial charge >= 0.3 is 6.18 Å². The second-order valence-electron chi connectivity index (χ2n) is 8.51. The van der Waals surface area contributed by atoms with Crippen LogP contribution in [-0.4, -0.2) is 35.5 Å². The SMILES string of the molecule is C/C1=C\C=C(\c2cccc(S(C)(=O)=O)c2)C(C)c2cccc(Cl)c2-n2nc(C(F)(F)F)cc21.CC(=O)O. The Morgan fingerprint density at radius 2 is 1.73 bits per heavy atom. The van der Waals surface area contributed by atoms with Crippen molar-refractivity contribution in [3.05, 3.63) is 88.2 Å². The molecule has 11 heteroatoms. The van der Waals surface area contributed by atoms with Crippen LogP contribution in [0, 0.1) is 0 Å². The van der Waals surface area contributed by atoms with E-state index in [1.807, 2.05) is 19.1 Å². The highest BCUT2D eigenvalue weighted by molar-refractivity contribution is 7.90. The monoisotopic (exact) mass is 552 g/mol. The predicted octanol–water partition coefficient (Wildman–Crippen LogP) is 6.64. The maximum absolute atomic E-state index is 13.5. The molecular weight excluding hydrogens is 529 g/mol. The summed E-state index contributed by atoms with van der Waals surface area (Å²) in [6.45, 7) is 4.68. The molecule has 4 rings (SSSR count). The van der Waals surface area contributed by atoms with Crippen LogP contribution in [0.1, 0.15) is 49.2 Å². The lowest BCUT2D eigenvalue weighted by atomic mass is 9.87. The summed E-state index contributed by atoms with van der Waals surface area (Å²) >= 11 is 6.50. The third-order valence-corrected chi connectivity index (χ3v) is 7.09. The van der Waals surface area contributed by atoms with Crippen molar-refractivity contribution >= 4 is 38.6 Å². The molecule has 1 unspecified atom stereocenters. The first-order valence-electron chi connectivity index (χ1n) is 11.0. The third-order valence-electron chi connectivity index (χ3n) is 5.68. The molecule has 1 aliphatic rings. The van der Waals surface area contributed by atoms with Crippen LogP contribution in [0.3, 0.4) is 0 Å². The molecule has 6 nitrogen and oxygen atoms in total. The number of carbonyl (C=O) groups is 1. The van der Waals surface area contributed by atoms with Gasteiger partial charge in [0.15, 0.2) is 15.5 Å². The zero-order chi connectivity index (χ0) is 27.7. The van der Waals surface area contributed by atoms with Crippen LogP contribution in [-0.2, 0) is 20.8 Å². The highest BCUT2D eigenvalue weighted by atomic mass is 35.5. The van der Waals surface area contributed by atoms with Crippen molar-refractivity contribution in [2.45, 2.75) is 37.8 Å². The first-order chi connectivity index (χ1) is 17.1. The molecule has 0 bridgehead atoms. The van der Waals surface area contributed by atoms with Crippen molar-refractivity contribution in [1.82, 2.24) is 9.78 Å². The van der Waals surface area contributed by atoms with E-state index in [0.29, 0.717) is 22.4 Å². The lowest BCUT2D eigenvalue weighted by molar-refractivity contribution is -0.141. The summed E-state index contributed by atoms with van der Waals surface area (Å²) in [6.07, 6.45) is 0.0579. The van der Waals surface area contributed by atoms with Gasteiger partial charge in [0.05, 0.1) is 21.3 Å². The Morgan fingerprint density at radius 1 is 1.11 bits per heavy atom. The molecule has 37 heavy (non-hydrogen) atoms. The number of aliphatic carboxylic acids is 1. The Bertz CT molecular complexity index is 1520. The van der Waals surface area contributed by atoms with Gasteiger partial charge in [-0.3, -0.25) is 4.79 Å². The number of sulfone groups is 1. The van der Waals surface area contributed by atoms with Gasteiger partial charge in [0, 0.05) is 19.1 Å². The topological polar surface area (TPSA) is 89.3 Å². The molecule has 0 amide bonds. The number of fused-ring (bicyclic) bond motifs is 3. The van der Waals surface area contributed by atoms with Crippen LogP contribution in [0.4, 0.5) is 13.2 Å². The minimum absolute atomic E-state index is 0.183. The van der Waals surface area contributed by atoms with Gasteiger partial charge in [0.2, 0.25) is 0 Å². The number of carboxylic acids is 1. The quantitative estimate of drug-likeness (QED) is 0.385. The molecule has 1 aromatic heterocycles. The van der Waals surface area contributed by atoms with Crippen molar-refractivity contribution in [1.29, 1.82) is 0 Å². The second-order valence-corrected chi connectivity index (χ2v) is 10.9. The Kier molecular flexibility index (Phi) is 8.04. The molecule has 3 aromatic rings. The minimum Gasteiger partial charge on any atom is -0.481 e. The molecule has 1 aliphatic heterocycles. The summed E-state index contributed by atoms with van der Waals surface area (Å²) in [4.78, 5) is 9.18. The summed E-state index contributed by atoms with van der Waals surface area (Å²) in [5, 5.41) is 11.5. The molecule has 0 aliphatic carbocycles. The molecule has 2 heterocycles. The lowest BCUT2D eigenvalue weighted by Crippen LogP contribution is -2.11. The first-order valence-corrected chi connectivity index (χ1v) is 13.2. The number of alkyl halides is 3. The average Bonchev–Trinajstić information content (AvgIpc) is 3.24. The summed E-state index contributed by atoms with van der Waals surface area (Å²) in [7, 11) is -3.42. The van der Waals surface area contributed by atoms with Crippen molar-refractivity contribution in [3.63, 3.8) is 0 Å². The number of hydrogen-bond acceptors (Lipinski definition) is 4. The maximum Gasteiger partial charge on any atom is 0.435 e. The molecule has 0 spiro atoms. The highest BCUT2D eigenvalue weighted by Crippen LogP contribution is 2.41. The van der Waals surface area contributed by atoms with Crippen molar-refractivity contribution in [2.24, 2.45) is 0 Å². The number of carboxylic acid groups (broad SMARTS) is 1. The number of rotatable bonds is 2. The number of allylic oxidation sites excluding steroid dienone is 4. The summed E-state index contributed by atoms with van der Waals surface area (Å²) in [5.74, 6) is -1.16. The normalized spacial score (nSPS) is 18.3. The Balaban J connectivity index is 0.000000886. The van der Waals surface area contributed by atoms with Crippen LogP contribution in [0.2, 0.25) is 5.02 Å². The summed E-state index contributed by atoms with van der Waals surface area (Å²) in [6, 6.07) is 12.7. The van der Waals surface area contributed by atoms with E-state index in [4.69, 9.17) is 21.5 Å². The smallest absolute Gasteiger partial charge is 0.435 e. The largest absolute Gasteiger partial charge is 0.481 e. The molecule has 1 atom stereocenters. The Hall–Kier alpha value is -3.37. The van der Waals surface area contributed by atoms with Gasteiger partial charge < -0.3 is 5.11 Å². The van der Waals surface area contributed by atoms with Crippen LogP contribution in [0.5, 0.6) is 0 Å². The molecule has 0 saturated carbocycles. The molecule has 0 saturated heterocycles. The van der Waals surface area contributed by atoms with Gasteiger partial charge in [-0.05, 0) is 53.5 Å². The molecule has 1 N–H and O–H groups in total. The molecule has 196 valence electrons. The van der Waals surface area contributed by atoms with E-state index >= 15 is 0 Å². The molecule has 0 fully saturated rings. The van der Waals surface area contributed by atoms with E-state index in [2.05, 4.69) is 5.10 Å².